The molecule has 3 rings (SSSR count). The molecule has 17 heavy (non-hydrogen) atoms. The van der Waals surface area contributed by atoms with Crippen molar-refractivity contribution in [1.82, 2.24) is 0 Å². The summed E-state index contributed by atoms with van der Waals surface area (Å²) < 4.78 is 11.9. The van der Waals surface area contributed by atoms with Crippen LogP contribution in [0.5, 0.6) is 11.5 Å². The Balaban J connectivity index is 1.95. The van der Waals surface area contributed by atoms with Crippen LogP contribution in [-0.4, -0.2) is 6.10 Å². The zero-order valence-corrected chi connectivity index (χ0v) is 9.67. The number of hydrogen-bond acceptors (Lipinski definition) is 2. The SMILES string of the molecule is C[C@H]1Oc2ccccc2O[C@@H]1c1ccccc1. The smallest absolute Gasteiger partial charge is 0.162 e. The second-order valence-electron chi connectivity index (χ2n) is 4.22. The molecule has 0 aliphatic carbocycles. The van der Waals surface area contributed by atoms with Gasteiger partial charge in [-0.2, -0.15) is 0 Å². The van der Waals surface area contributed by atoms with Crippen molar-refractivity contribution in [2.45, 2.75) is 19.1 Å². The van der Waals surface area contributed by atoms with Crippen LogP contribution in [0.15, 0.2) is 54.6 Å². The van der Waals surface area contributed by atoms with Crippen LogP contribution >= 0.6 is 0 Å². The van der Waals surface area contributed by atoms with E-state index in [1.165, 1.54) is 0 Å². The average molecular weight is 226 g/mol. The fourth-order valence-electron chi connectivity index (χ4n) is 2.12. The van der Waals surface area contributed by atoms with Crippen LogP contribution in [0.25, 0.3) is 0 Å². The first-order chi connectivity index (χ1) is 8.34. The Hall–Kier alpha value is -1.96. The molecule has 0 spiro atoms. The molecule has 2 nitrogen and oxygen atoms in total. The molecule has 1 heterocycles. The summed E-state index contributed by atoms with van der Waals surface area (Å²) in [5.41, 5.74) is 1.15. The summed E-state index contributed by atoms with van der Waals surface area (Å²) in [7, 11) is 0. The first-order valence-electron chi connectivity index (χ1n) is 5.82. The predicted octanol–water partition coefficient (Wildman–Crippen LogP) is 3.59. The molecule has 2 aromatic rings. The van der Waals surface area contributed by atoms with E-state index in [-0.39, 0.29) is 12.2 Å². The standard InChI is InChI=1S/C15H14O2/c1-11-15(12-7-3-2-4-8-12)17-14-10-6-5-9-13(14)16-11/h2-11,15H,1H3/t11-,15+/m1/s1. The lowest BCUT2D eigenvalue weighted by Gasteiger charge is -2.32. The maximum absolute atomic E-state index is 6.01. The first-order valence-corrected chi connectivity index (χ1v) is 5.82. The van der Waals surface area contributed by atoms with Gasteiger partial charge in [-0.25, -0.2) is 0 Å². The second-order valence-corrected chi connectivity index (χ2v) is 4.22. The van der Waals surface area contributed by atoms with Crippen LogP contribution in [0, 0.1) is 0 Å². The van der Waals surface area contributed by atoms with Crippen molar-refractivity contribution in [2.75, 3.05) is 0 Å². The minimum Gasteiger partial charge on any atom is -0.483 e. The number of rotatable bonds is 1. The molecule has 2 heteroatoms. The predicted molar refractivity (Wildman–Crippen MR) is 66.3 cm³/mol. The summed E-state index contributed by atoms with van der Waals surface area (Å²) in [6.07, 6.45) is -0.0154. The maximum Gasteiger partial charge on any atom is 0.162 e. The molecule has 2 aromatic carbocycles. The van der Waals surface area contributed by atoms with Gasteiger partial charge in [0.15, 0.2) is 17.6 Å². The Morgan fingerprint density at radius 1 is 0.765 bits per heavy atom. The van der Waals surface area contributed by atoms with Gasteiger partial charge >= 0.3 is 0 Å². The van der Waals surface area contributed by atoms with Gasteiger partial charge in [0.25, 0.3) is 0 Å². The molecule has 86 valence electrons. The van der Waals surface area contributed by atoms with E-state index in [1.807, 2.05) is 49.4 Å². The molecule has 0 N–H and O–H groups in total. The quantitative estimate of drug-likeness (QED) is 0.739. The summed E-state index contributed by atoms with van der Waals surface area (Å²) in [5, 5.41) is 0. The largest absolute Gasteiger partial charge is 0.483 e. The third-order valence-corrected chi connectivity index (χ3v) is 2.97. The monoisotopic (exact) mass is 226 g/mol. The minimum atomic E-state index is -0.0360. The Labute approximate surface area is 101 Å². The van der Waals surface area contributed by atoms with E-state index >= 15 is 0 Å². The normalized spacial score (nSPS) is 22.2. The van der Waals surface area contributed by atoms with Crippen LogP contribution in [-0.2, 0) is 0 Å². The van der Waals surface area contributed by atoms with E-state index in [1.54, 1.807) is 0 Å². The van der Waals surface area contributed by atoms with Gasteiger partial charge in [-0.15, -0.1) is 0 Å². The molecule has 1 aliphatic heterocycles. The van der Waals surface area contributed by atoms with Crippen molar-refractivity contribution in [3.63, 3.8) is 0 Å². The van der Waals surface area contributed by atoms with Crippen molar-refractivity contribution >= 4 is 0 Å². The van der Waals surface area contributed by atoms with E-state index in [4.69, 9.17) is 9.47 Å². The molecule has 0 bridgehead atoms. The van der Waals surface area contributed by atoms with Crippen molar-refractivity contribution < 1.29 is 9.47 Å². The lowest BCUT2D eigenvalue weighted by molar-refractivity contribution is 0.0307. The summed E-state index contributed by atoms with van der Waals surface area (Å²) >= 11 is 0. The van der Waals surface area contributed by atoms with Gasteiger partial charge in [0.1, 0.15) is 6.10 Å². The highest BCUT2D eigenvalue weighted by molar-refractivity contribution is 5.42. The van der Waals surface area contributed by atoms with Crippen LogP contribution in [0.4, 0.5) is 0 Å². The van der Waals surface area contributed by atoms with E-state index in [0.29, 0.717) is 0 Å². The van der Waals surface area contributed by atoms with E-state index < -0.39 is 0 Å². The molecule has 0 saturated carbocycles. The lowest BCUT2D eigenvalue weighted by Crippen LogP contribution is -2.30. The van der Waals surface area contributed by atoms with Crippen LogP contribution < -0.4 is 9.47 Å². The van der Waals surface area contributed by atoms with Gasteiger partial charge < -0.3 is 9.47 Å². The summed E-state index contributed by atoms with van der Waals surface area (Å²) in [5.74, 6) is 1.65. The van der Waals surface area contributed by atoms with Gasteiger partial charge in [0.2, 0.25) is 0 Å². The fraction of sp³-hybridized carbons (Fsp3) is 0.200. The molecule has 0 amide bonds. The van der Waals surface area contributed by atoms with E-state index in [2.05, 4.69) is 12.1 Å². The van der Waals surface area contributed by atoms with Crippen LogP contribution in [0.1, 0.15) is 18.6 Å². The van der Waals surface area contributed by atoms with Gasteiger partial charge in [-0.1, -0.05) is 42.5 Å². The molecule has 0 fully saturated rings. The molecule has 1 aliphatic rings. The third kappa shape index (κ3) is 1.86. The van der Waals surface area contributed by atoms with Crippen molar-refractivity contribution in [2.24, 2.45) is 0 Å². The van der Waals surface area contributed by atoms with Crippen LogP contribution in [0.2, 0.25) is 0 Å². The number of benzene rings is 2. The molecule has 2 atom stereocenters. The highest BCUT2D eigenvalue weighted by Crippen LogP contribution is 2.38. The zero-order chi connectivity index (χ0) is 11.7. The Bertz CT molecular complexity index is 507. The van der Waals surface area contributed by atoms with Crippen molar-refractivity contribution in [3.05, 3.63) is 60.2 Å². The number of fused-ring (bicyclic) bond motifs is 1. The number of ether oxygens (including phenoxy) is 2. The third-order valence-electron chi connectivity index (χ3n) is 2.97. The number of para-hydroxylation sites is 2. The van der Waals surface area contributed by atoms with Gasteiger partial charge in [-0.05, 0) is 24.6 Å². The minimum absolute atomic E-state index is 0.0206. The molecule has 0 radical (unpaired) electrons. The first kappa shape index (κ1) is 10.2. The zero-order valence-electron chi connectivity index (χ0n) is 9.67. The topological polar surface area (TPSA) is 18.5 Å². The van der Waals surface area contributed by atoms with Gasteiger partial charge in [0, 0.05) is 0 Å². The Morgan fingerprint density at radius 3 is 2.06 bits per heavy atom. The average Bonchev–Trinajstić information content (AvgIpc) is 2.39. The molecule has 0 saturated heterocycles. The number of hydrogen-bond donors (Lipinski definition) is 0. The summed E-state index contributed by atoms with van der Waals surface area (Å²) in [6.45, 7) is 2.04. The molecular weight excluding hydrogens is 212 g/mol. The highest BCUT2D eigenvalue weighted by atomic mass is 16.6. The van der Waals surface area contributed by atoms with E-state index in [0.717, 1.165) is 17.1 Å². The molecule has 0 unspecified atom stereocenters. The van der Waals surface area contributed by atoms with Crippen molar-refractivity contribution in [1.29, 1.82) is 0 Å². The van der Waals surface area contributed by atoms with Crippen molar-refractivity contribution in [3.8, 4) is 11.5 Å². The Morgan fingerprint density at radius 2 is 1.35 bits per heavy atom. The Kier molecular flexibility index (Phi) is 2.48. The van der Waals surface area contributed by atoms with Crippen LogP contribution in [0.3, 0.4) is 0 Å². The second kappa shape index (κ2) is 4.13. The molecular formula is C15H14O2. The highest BCUT2D eigenvalue weighted by Gasteiger charge is 2.28. The maximum atomic E-state index is 6.01. The van der Waals surface area contributed by atoms with Gasteiger partial charge in [-0.3, -0.25) is 0 Å². The summed E-state index contributed by atoms with van der Waals surface area (Å²) in [4.78, 5) is 0. The van der Waals surface area contributed by atoms with E-state index in [9.17, 15) is 0 Å². The summed E-state index contributed by atoms with van der Waals surface area (Å²) in [6, 6.07) is 18.0. The molecule has 0 aromatic heterocycles. The fourth-order valence-corrected chi connectivity index (χ4v) is 2.12. The van der Waals surface area contributed by atoms with Gasteiger partial charge in [0.05, 0.1) is 0 Å². The lowest BCUT2D eigenvalue weighted by atomic mass is 10.0.